The maximum atomic E-state index is 12.2. The quantitative estimate of drug-likeness (QED) is 0.742. The molecule has 1 unspecified atom stereocenters. The Morgan fingerprint density at radius 2 is 1.80 bits per heavy atom. The summed E-state index contributed by atoms with van der Waals surface area (Å²) >= 11 is 0. The zero-order valence-corrected chi connectivity index (χ0v) is 15.5. The van der Waals surface area contributed by atoms with E-state index in [1.165, 1.54) is 0 Å². The van der Waals surface area contributed by atoms with Crippen LogP contribution >= 0.6 is 0 Å². The van der Waals surface area contributed by atoms with Gasteiger partial charge in [0.05, 0.1) is 6.54 Å². The van der Waals surface area contributed by atoms with Crippen LogP contribution in [0.25, 0.3) is 0 Å². The normalized spacial score (nSPS) is 11.7. The highest BCUT2D eigenvalue weighted by molar-refractivity contribution is 5.80. The molecular weight excluding hydrogens is 314 g/mol. The van der Waals surface area contributed by atoms with E-state index in [2.05, 4.69) is 18.3 Å². The van der Waals surface area contributed by atoms with E-state index < -0.39 is 6.10 Å². The molecule has 2 rings (SSSR count). The van der Waals surface area contributed by atoms with Crippen LogP contribution in [-0.2, 0) is 11.2 Å². The van der Waals surface area contributed by atoms with E-state index in [0.29, 0.717) is 13.2 Å². The standard InChI is InChI=1S/C21H27NO3/c1-5-18-8-6-7-9-20(18)25-17(4)21(23)22-10-11-24-19-13-15(2)12-16(3)14-19/h6-9,12-14,17H,5,10-11H2,1-4H3,(H,22,23). The van der Waals surface area contributed by atoms with E-state index >= 15 is 0 Å². The lowest BCUT2D eigenvalue weighted by Crippen LogP contribution is -2.38. The first-order valence-electron chi connectivity index (χ1n) is 8.73. The third-order valence-electron chi connectivity index (χ3n) is 3.89. The minimum Gasteiger partial charge on any atom is -0.492 e. The van der Waals surface area contributed by atoms with Crippen molar-refractivity contribution in [3.63, 3.8) is 0 Å². The van der Waals surface area contributed by atoms with Gasteiger partial charge >= 0.3 is 0 Å². The summed E-state index contributed by atoms with van der Waals surface area (Å²) in [5.41, 5.74) is 3.42. The smallest absolute Gasteiger partial charge is 0.260 e. The molecule has 0 aliphatic rings. The second kappa shape index (κ2) is 9.11. The molecule has 0 aromatic heterocycles. The van der Waals surface area contributed by atoms with Gasteiger partial charge in [0.15, 0.2) is 6.10 Å². The van der Waals surface area contributed by atoms with Crippen LogP contribution in [0.2, 0.25) is 0 Å². The largest absolute Gasteiger partial charge is 0.492 e. The molecule has 0 radical (unpaired) electrons. The fraction of sp³-hybridized carbons (Fsp3) is 0.381. The number of ether oxygens (including phenoxy) is 2. The highest BCUT2D eigenvalue weighted by Gasteiger charge is 2.15. The van der Waals surface area contributed by atoms with Crippen LogP contribution in [0.15, 0.2) is 42.5 Å². The minimum absolute atomic E-state index is 0.144. The van der Waals surface area contributed by atoms with Crippen molar-refractivity contribution in [1.29, 1.82) is 0 Å². The van der Waals surface area contributed by atoms with E-state index in [1.807, 2.05) is 50.2 Å². The summed E-state index contributed by atoms with van der Waals surface area (Å²) in [7, 11) is 0. The lowest BCUT2D eigenvalue weighted by Gasteiger charge is -2.17. The zero-order chi connectivity index (χ0) is 18.2. The van der Waals surface area contributed by atoms with Crippen molar-refractivity contribution in [3.8, 4) is 11.5 Å². The molecule has 0 fully saturated rings. The molecule has 0 aliphatic carbocycles. The van der Waals surface area contributed by atoms with Gasteiger partial charge in [-0.05, 0) is 62.1 Å². The number of carbonyl (C=O) groups excluding carboxylic acids is 1. The molecule has 0 aliphatic heterocycles. The first-order valence-corrected chi connectivity index (χ1v) is 8.73. The second-order valence-corrected chi connectivity index (χ2v) is 6.18. The van der Waals surface area contributed by atoms with Crippen molar-refractivity contribution >= 4 is 5.91 Å². The Labute approximate surface area is 150 Å². The molecule has 1 atom stereocenters. The Bertz CT molecular complexity index is 692. The van der Waals surface area contributed by atoms with E-state index in [1.54, 1.807) is 6.92 Å². The topological polar surface area (TPSA) is 47.6 Å². The van der Waals surface area contributed by atoms with Crippen molar-refractivity contribution in [2.75, 3.05) is 13.2 Å². The van der Waals surface area contributed by atoms with Crippen LogP contribution in [0.5, 0.6) is 11.5 Å². The Morgan fingerprint density at radius 3 is 2.48 bits per heavy atom. The molecule has 4 nitrogen and oxygen atoms in total. The maximum Gasteiger partial charge on any atom is 0.260 e. The molecule has 0 spiro atoms. The van der Waals surface area contributed by atoms with E-state index in [9.17, 15) is 4.79 Å². The van der Waals surface area contributed by atoms with E-state index in [-0.39, 0.29) is 5.91 Å². The molecule has 134 valence electrons. The highest BCUT2D eigenvalue weighted by Crippen LogP contribution is 2.19. The third-order valence-corrected chi connectivity index (χ3v) is 3.89. The Hall–Kier alpha value is -2.49. The number of rotatable bonds is 8. The first-order chi connectivity index (χ1) is 12.0. The number of amides is 1. The molecule has 1 amide bonds. The van der Waals surface area contributed by atoms with Crippen LogP contribution < -0.4 is 14.8 Å². The van der Waals surface area contributed by atoms with Crippen molar-refractivity contribution in [2.45, 2.75) is 40.2 Å². The minimum atomic E-state index is -0.547. The fourth-order valence-electron chi connectivity index (χ4n) is 2.66. The summed E-state index contributed by atoms with van der Waals surface area (Å²) in [6.07, 6.45) is 0.322. The van der Waals surface area contributed by atoms with Gasteiger partial charge in [-0.2, -0.15) is 0 Å². The zero-order valence-electron chi connectivity index (χ0n) is 15.5. The number of hydrogen-bond acceptors (Lipinski definition) is 3. The third kappa shape index (κ3) is 5.82. The Kier molecular flexibility index (Phi) is 6.87. The molecule has 0 saturated carbocycles. The fourth-order valence-corrected chi connectivity index (χ4v) is 2.66. The van der Waals surface area contributed by atoms with Gasteiger partial charge in [0.2, 0.25) is 0 Å². The SMILES string of the molecule is CCc1ccccc1OC(C)C(=O)NCCOc1cc(C)cc(C)c1. The van der Waals surface area contributed by atoms with Gasteiger partial charge in [-0.1, -0.05) is 31.2 Å². The summed E-state index contributed by atoms with van der Waals surface area (Å²) in [5.74, 6) is 1.45. The van der Waals surface area contributed by atoms with Gasteiger partial charge in [-0.15, -0.1) is 0 Å². The van der Waals surface area contributed by atoms with Gasteiger partial charge in [0.1, 0.15) is 18.1 Å². The molecular formula is C21H27NO3. The van der Waals surface area contributed by atoms with Crippen molar-refractivity contribution in [3.05, 3.63) is 59.2 Å². The van der Waals surface area contributed by atoms with E-state index in [0.717, 1.165) is 34.6 Å². The van der Waals surface area contributed by atoms with Crippen LogP contribution in [-0.4, -0.2) is 25.2 Å². The molecule has 2 aromatic carbocycles. The average molecular weight is 341 g/mol. The number of aryl methyl sites for hydroxylation is 3. The Balaban J connectivity index is 1.77. The van der Waals surface area contributed by atoms with Crippen LogP contribution in [0.4, 0.5) is 0 Å². The van der Waals surface area contributed by atoms with Crippen molar-refractivity contribution in [1.82, 2.24) is 5.32 Å². The highest BCUT2D eigenvalue weighted by atomic mass is 16.5. The van der Waals surface area contributed by atoms with Gasteiger partial charge in [0.25, 0.3) is 5.91 Å². The number of benzene rings is 2. The average Bonchev–Trinajstić information content (AvgIpc) is 2.58. The monoisotopic (exact) mass is 341 g/mol. The molecule has 0 saturated heterocycles. The van der Waals surface area contributed by atoms with Gasteiger partial charge in [-0.3, -0.25) is 4.79 Å². The predicted molar refractivity (Wildman–Crippen MR) is 100 cm³/mol. The first kappa shape index (κ1) is 18.8. The number of hydrogen-bond donors (Lipinski definition) is 1. The number of nitrogens with one attached hydrogen (secondary N) is 1. The predicted octanol–water partition coefficient (Wildman–Crippen LogP) is 3.83. The second-order valence-electron chi connectivity index (χ2n) is 6.18. The van der Waals surface area contributed by atoms with Crippen LogP contribution in [0, 0.1) is 13.8 Å². The lowest BCUT2D eigenvalue weighted by atomic mass is 10.1. The maximum absolute atomic E-state index is 12.2. The summed E-state index contributed by atoms with van der Waals surface area (Å²) in [6, 6.07) is 13.9. The van der Waals surface area contributed by atoms with Gasteiger partial charge in [-0.25, -0.2) is 0 Å². The van der Waals surface area contributed by atoms with Crippen LogP contribution in [0.1, 0.15) is 30.5 Å². The summed E-state index contributed by atoms with van der Waals surface area (Å²) < 4.78 is 11.5. The molecule has 0 bridgehead atoms. The Morgan fingerprint density at radius 1 is 1.12 bits per heavy atom. The molecule has 2 aromatic rings. The van der Waals surface area contributed by atoms with Crippen molar-refractivity contribution < 1.29 is 14.3 Å². The molecule has 0 heterocycles. The molecule has 4 heteroatoms. The molecule has 1 N–H and O–H groups in total. The lowest BCUT2D eigenvalue weighted by molar-refractivity contribution is -0.127. The van der Waals surface area contributed by atoms with E-state index in [4.69, 9.17) is 9.47 Å². The molecule has 25 heavy (non-hydrogen) atoms. The van der Waals surface area contributed by atoms with Gasteiger partial charge in [0, 0.05) is 0 Å². The van der Waals surface area contributed by atoms with Crippen LogP contribution in [0.3, 0.4) is 0 Å². The number of carbonyl (C=O) groups is 1. The number of para-hydroxylation sites is 1. The van der Waals surface area contributed by atoms with Gasteiger partial charge < -0.3 is 14.8 Å². The summed E-state index contributed by atoms with van der Waals surface area (Å²) in [6.45, 7) is 8.76. The summed E-state index contributed by atoms with van der Waals surface area (Å²) in [5, 5.41) is 2.85. The summed E-state index contributed by atoms with van der Waals surface area (Å²) in [4.78, 5) is 12.2. The van der Waals surface area contributed by atoms with Crippen molar-refractivity contribution in [2.24, 2.45) is 0 Å².